The van der Waals surface area contributed by atoms with Gasteiger partial charge in [-0.05, 0) is 6.42 Å². The Morgan fingerprint density at radius 2 is 2.21 bits per heavy atom. The van der Waals surface area contributed by atoms with E-state index in [4.69, 9.17) is 4.74 Å². The highest BCUT2D eigenvalue weighted by molar-refractivity contribution is 4.98. The van der Waals surface area contributed by atoms with E-state index in [1.165, 1.54) is 0 Å². The molecule has 0 spiro atoms. The van der Waals surface area contributed by atoms with Crippen LogP contribution >= 0.6 is 0 Å². The Hall–Kier alpha value is -1.81. The third-order valence-corrected chi connectivity index (χ3v) is 4.55. The van der Waals surface area contributed by atoms with Gasteiger partial charge in [-0.15, -0.1) is 5.10 Å². The van der Waals surface area contributed by atoms with Crippen molar-refractivity contribution >= 4 is 0 Å². The first-order chi connectivity index (χ1) is 11.6. The standard InChI is InChI=1S/C15H24N6O3/c1-20-4-3-16-13(20)6-17-12-5-10(14(22)15(12)23)7-21-8-11(9-24-2)18-19-21/h3-4,8,10,12,14-15,17,22-23H,5-7,9H2,1-2H3. The predicted octanol–water partition coefficient (Wildman–Crippen LogP) is -0.942. The van der Waals surface area contributed by atoms with Crippen LogP contribution in [0, 0.1) is 5.92 Å². The average molecular weight is 336 g/mol. The number of methoxy groups -OCH3 is 1. The minimum atomic E-state index is -0.808. The molecule has 9 heteroatoms. The number of nitrogens with one attached hydrogen (secondary N) is 1. The second-order valence-corrected chi connectivity index (χ2v) is 6.28. The van der Waals surface area contributed by atoms with Crippen molar-refractivity contribution in [3.05, 3.63) is 30.1 Å². The Balaban J connectivity index is 1.56. The zero-order valence-electron chi connectivity index (χ0n) is 13.9. The van der Waals surface area contributed by atoms with Crippen LogP contribution in [0.5, 0.6) is 0 Å². The first-order valence-electron chi connectivity index (χ1n) is 8.02. The van der Waals surface area contributed by atoms with Crippen LogP contribution in [0.4, 0.5) is 0 Å². The third-order valence-electron chi connectivity index (χ3n) is 4.55. The smallest absolute Gasteiger partial charge is 0.122 e. The van der Waals surface area contributed by atoms with Gasteiger partial charge in [0.1, 0.15) is 11.5 Å². The lowest BCUT2D eigenvalue weighted by molar-refractivity contribution is 0.00713. The van der Waals surface area contributed by atoms with Crippen LogP contribution in [0.2, 0.25) is 0 Å². The molecule has 2 aromatic heterocycles. The van der Waals surface area contributed by atoms with E-state index in [0.717, 1.165) is 11.5 Å². The first kappa shape index (κ1) is 17.0. The Labute approximate surface area is 140 Å². The number of nitrogens with zero attached hydrogens (tertiary/aromatic N) is 5. The van der Waals surface area contributed by atoms with Crippen LogP contribution in [0.25, 0.3) is 0 Å². The summed E-state index contributed by atoms with van der Waals surface area (Å²) in [5.74, 6) is 0.802. The highest BCUT2D eigenvalue weighted by Crippen LogP contribution is 2.28. The predicted molar refractivity (Wildman–Crippen MR) is 84.7 cm³/mol. The lowest BCUT2D eigenvalue weighted by Gasteiger charge is -2.18. The Morgan fingerprint density at radius 1 is 1.38 bits per heavy atom. The largest absolute Gasteiger partial charge is 0.390 e. The van der Waals surface area contributed by atoms with Crippen LogP contribution in [-0.4, -0.2) is 60.1 Å². The summed E-state index contributed by atoms with van der Waals surface area (Å²) in [5.41, 5.74) is 0.745. The van der Waals surface area contributed by atoms with Crippen molar-refractivity contribution in [3.8, 4) is 0 Å². The molecule has 4 unspecified atom stereocenters. The molecule has 3 rings (SSSR count). The Morgan fingerprint density at radius 3 is 2.92 bits per heavy atom. The van der Waals surface area contributed by atoms with E-state index in [9.17, 15) is 10.2 Å². The molecule has 0 bridgehead atoms. The highest BCUT2D eigenvalue weighted by Gasteiger charge is 2.41. The van der Waals surface area contributed by atoms with Crippen molar-refractivity contribution in [1.29, 1.82) is 0 Å². The molecule has 1 aliphatic carbocycles. The van der Waals surface area contributed by atoms with Crippen LogP contribution < -0.4 is 5.32 Å². The molecule has 0 aromatic carbocycles. The molecule has 2 aromatic rings. The fourth-order valence-corrected chi connectivity index (χ4v) is 3.18. The van der Waals surface area contributed by atoms with Gasteiger partial charge in [0.2, 0.25) is 0 Å². The molecule has 4 atom stereocenters. The van der Waals surface area contributed by atoms with E-state index in [1.807, 2.05) is 17.8 Å². The van der Waals surface area contributed by atoms with Crippen molar-refractivity contribution in [2.24, 2.45) is 13.0 Å². The fourth-order valence-electron chi connectivity index (χ4n) is 3.18. The summed E-state index contributed by atoms with van der Waals surface area (Å²) >= 11 is 0. The summed E-state index contributed by atoms with van der Waals surface area (Å²) in [5, 5.41) is 31.9. The van der Waals surface area contributed by atoms with Gasteiger partial charge < -0.3 is 24.8 Å². The SMILES string of the molecule is COCc1cn(CC2CC(NCc3nccn3C)C(O)C2O)nn1. The zero-order valence-corrected chi connectivity index (χ0v) is 13.9. The number of hydrogen-bond donors (Lipinski definition) is 3. The van der Waals surface area contributed by atoms with Gasteiger partial charge in [0.05, 0.1) is 31.6 Å². The van der Waals surface area contributed by atoms with Gasteiger partial charge in [-0.1, -0.05) is 5.21 Å². The molecule has 3 N–H and O–H groups in total. The van der Waals surface area contributed by atoms with Crippen LogP contribution in [0.3, 0.4) is 0 Å². The molecule has 24 heavy (non-hydrogen) atoms. The van der Waals surface area contributed by atoms with Gasteiger partial charge in [-0.2, -0.15) is 0 Å². The molecule has 1 aliphatic rings. The molecule has 9 nitrogen and oxygen atoms in total. The summed E-state index contributed by atoms with van der Waals surface area (Å²) in [4.78, 5) is 4.25. The van der Waals surface area contributed by atoms with Gasteiger partial charge in [0, 0.05) is 45.1 Å². The van der Waals surface area contributed by atoms with Crippen molar-refractivity contribution in [3.63, 3.8) is 0 Å². The van der Waals surface area contributed by atoms with Gasteiger partial charge in [0.15, 0.2) is 0 Å². The van der Waals surface area contributed by atoms with Crippen LogP contribution in [-0.2, 0) is 31.5 Å². The number of imidazole rings is 1. The number of ether oxygens (including phenoxy) is 1. The normalized spacial score (nSPS) is 27.0. The number of rotatable bonds is 7. The molecule has 2 heterocycles. The summed E-state index contributed by atoms with van der Waals surface area (Å²) in [6, 6.07) is -0.177. The van der Waals surface area contributed by atoms with Crippen molar-refractivity contribution in [2.75, 3.05) is 7.11 Å². The zero-order chi connectivity index (χ0) is 17.1. The van der Waals surface area contributed by atoms with Crippen molar-refractivity contribution in [2.45, 2.75) is 44.4 Å². The number of hydrogen-bond acceptors (Lipinski definition) is 7. The molecule has 1 saturated carbocycles. The monoisotopic (exact) mass is 336 g/mol. The topological polar surface area (TPSA) is 110 Å². The molecule has 0 aliphatic heterocycles. The van der Waals surface area contributed by atoms with E-state index < -0.39 is 12.2 Å². The molecule has 0 amide bonds. The van der Waals surface area contributed by atoms with E-state index in [1.54, 1.807) is 24.2 Å². The minimum absolute atomic E-state index is 0.0871. The van der Waals surface area contributed by atoms with E-state index in [-0.39, 0.29) is 12.0 Å². The van der Waals surface area contributed by atoms with Gasteiger partial charge in [-0.3, -0.25) is 4.68 Å². The molecule has 0 radical (unpaired) electrons. The molecule has 132 valence electrons. The summed E-state index contributed by atoms with van der Waals surface area (Å²) in [6.07, 6.45) is 4.48. The summed E-state index contributed by atoms with van der Waals surface area (Å²) in [6.45, 7) is 1.46. The summed E-state index contributed by atoms with van der Waals surface area (Å²) in [7, 11) is 3.53. The molecule has 1 fully saturated rings. The minimum Gasteiger partial charge on any atom is -0.390 e. The number of aromatic nitrogens is 5. The maximum atomic E-state index is 10.3. The summed E-state index contributed by atoms with van der Waals surface area (Å²) < 4.78 is 8.64. The van der Waals surface area contributed by atoms with E-state index in [2.05, 4.69) is 20.6 Å². The van der Waals surface area contributed by atoms with Crippen LogP contribution in [0.15, 0.2) is 18.6 Å². The lowest BCUT2D eigenvalue weighted by atomic mass is 10.1. The van der Waals surface area contributed by atoms with Crippen molar-refractivity contribution < 1.29 is 14.9 Å². The number of aliphatic hydroxyl groups excluding tert-OH is 2. The Kier molecular flexibility index (Phi) is 5.24. The maximum absolute atomic E-state index is 10.3. The second kappa shape index (κ2) is 7.39. The van der Waals surface area contributed by atoms with E-state index in [0.29, 0.717) is 26.1 Å². The lowest BCUT2D eigenvalue weighted by Crippen LogP contribution is -2.40. The van der Waals surface area contributed by atoms with Crippen LogP contribution in [0.1, 0.15) is 17.9 Å². The average Bonchev–Trinajstić information content (AvgIpc) is 3.24. The first-order valence-corrected chi connectivity index (χ1v) is 8.02. The fraction of sp³-hybridized carbons (Fsp3) is 0.667. The van der Waals surface area contributed by atoms with Gasteiger partial charge in [0.25, 0.3) is 0 Å². The molecule has 0 saturated heterocycles. The van der Waals surface area contributed by atoms with E-state index >= 15 is 0 Å². The number of aryl methyl sites for hydroxylation is 1. The number of aliphatic hydroxyl groups is 2. The molecular weight excluding hydrogens is 312 g/mol. The second-order valence-electron chi connectivity index (χ2n) is 6.28. The highest BCUT2D eigenvalue weighted by atomic mass is 16.5. The third kappa shape index (κ3) is 3.64. The van der Waals surface area contributed by atoms with Crippen molar-refractivity contribution in [1.82, 2.24) is 29.9 Å². The Bertz CT molecular complexity index is 657. The quantitative estimate of drug-likeness (QED) is 0.598. The van der Waals surface area contributed by atoms with Gasteiger partial charge >= 0.3 is 0 Å². The maximum Gasteiger partial charge on any atom is 0.122 e. The molecular formula is C15H24N6O3. The van der Waals surface area contributed by atoms with Gasteiger partial charge in [-0.25, -0.2) is 4.98 Å².